The van der Waals surface area contributed by atoms with E-state index < -0.39 is 10.0 Å². The van der Waals surface area contributed by atoms with Crippen molar-refractivity contribution in [1.82, 2.24) is 4.31 Å². The molecule has 20 heavy (non-hydrogen) atoms. The van der Waals surface area contributed by atoms with Crippen LogP contribution in [0.2, 0.25) is 0 Å². The number of nitrogens with one attached hydrogen (secondary N) is 1. The molecular formula is C14H22N2O2S2. The minimum Gasteiger partial charge on any atom is -0.384 e. The first-order chi connectivity index (χ1) is 9.50. The summed E-state index contributed by atoms with van der Waals surface area (Å²) in [4.78, 5) is 0.382. The van der Waals surface area contributed by atoms with E-state index >= 15 is 0 Å². The first kappa shape index (κ1) is 15.7. The topological polar surface area (TPSA) is 49.4 Å². The van der Waals surface area contributed by atoms with Crippen molar-refractivity contribution in [3.8, 4) is 0 Å². The first-order valence-electron chi connectivity index (χ1n) is 6.84. The Labute approximate surface area is 126 Å². The highest BCUT2D eigenvalue weighted by Crippen LogP contribution is 2.27. The van der Waals surface area contributed by atoms with Gasteiger partial charge in [0.25, 0.3) is 0 Å². The number of thioether (sulfide) groups is 1. The van der Waals surface area contributed by atoms with Gasteiger partial charge in [0.1, 0.15) is 0 Å². The van der Waals surface area contributed by atoms with Gasteiger partial charge in [0, 0.05) is 31.1 Å². The van der Waals surface area contributed by atoms with Crippen LogP contribution >= 0.6 is 11.8 Å². The Balaban J connectivity index is 2.29. The van der Waals surface area contributed by atoms with Crippen LogP contribution in [0.5, 0.6) is 0 Å². The number of sulfonamides is 1. The quantitative estimate of drug-likeness (QED) is 0.876. The van der Waals surface area contributed by atoms with Crippen molar-refractivity contribution in [2.45, 2.75) is 30.7 Å². The zero-order chi connectivity index (χ0) is 14.8. The van der Waals surface area contributed by atoms with E-state index in [4.69, 9.17) is 0 Å². The van der Waals surface area contributed by atoms with E-state index in [0.29, 0.717) is 4.90 Å². The fourth-order valence-corrected chi connectivity index (χ4v) is 4.86. The lowest BCUT2D eigenvalue weighted by molar-refractivity contribution is 0.385. The number of nitrogens with zero attached hydrogens (tertiary/aromatic N) is 1. The number of hydrogen-bond acceptors (Lipinski definition) is 4. The molecular weight excluding hydrogens is 292 g/mol. The maximum absolute atomic E-state index is 12.7. The van der Waals surface area contributed by atoms with Gasteiger partial charge in [-0.15, -0.1) is 0 Å². The molecule has 0 bridgehead atoms. The molecule has 1 aliphatic rings. The summed E-state index contributed by atoms with van der Waals surface area (Å²) < 4.78 is 26.9. The third kappa shape index (κ3) is 2.97. The molecule has 0 saturated carbocycles. The highest BCUT2D eigenvalue weighted by atomic mass is 32.2. The van der Waals surface area contributed by atoms with Crippen molar-refractivity contribution < 1.29 is 8.42 Å². The van der Waals surface area contributed by atoms with Crippen molar-refractivity contribution >= 4 is 27.5 Å². The third-order valence-corrected chi connectivity index (χ3v) is 6.44. The van der Waals surface area contributed by atoms with Gasteiger partial charge in [0.05, 0.1) is 4.90 Å². The van der Waals surface area contributed by atoms with E-state index in [2.05, 4.69) is 5.32 Å². The van der Waals surface area contributed by atoms with Crippen LogP contribution in [-0.2, 0) is 16.4 Å². The Morgan fingerprint density at radius 2 is 2.20 bits per heavy atom. The molecule has 1 aliphatic heterocycles. The van der Waals surface area contributed by atoms with Gasteiger partial charge in [-0.25, -0.2) is 8.42 Å². The van der Waals surface area contributed by atoms with Gasteiger partial charge in [0.2, 0.25) is 10.0 Å². The van der Waals surface area contributed by atoms with E-state index in [9.17, 15) is 8.42 Å². The Bertz CT molecular complexity index is 573. The zero-order valence-electron chi connectivity index (χ0n) is 12.2. The summed E-state index contributed by atoms with van der Waals surface area (Å²) in [6, 6.07) is 5.45. The molecule has 0 spiro atoms. The minimum absolute atomic E-state index is 0.0382. The molecule has 1 unspecified atom stereocenters. The summed E-state index contributed by atoms with van der Waals surface area (Å²) in [7, 11) is -1.73. The lowest BCUT2D eigenvalue weighted by Crippen LogP contribution is -2.38. The molecule has 2 rings (SSSR count). The molecule has 1 aromatic rings. The van der Waals surface area contributed by atoms with Gasteiger partial charge in [-0.3, -0.25) is 0 Å². The number of benzene rings is 1. The summed E-state index contributed by atoms with van der Waals surface area (Å²) in [5.74, 6) is 0.815. The first-order valence-corrected chi connectivity index (χ1v) is 9.68. The monoisotopic (exact) mass is 314 g/mol. The Morgan fingerprint density at radius 1 is 1.45 bits per heavy atom. The minimum atomic E-state index is -3.41. The molecule has 1 aromatic carbocycles. The largest absolute Gasteiger partial charge is 0.384 e. The molecule has 0 fully saturated rings. The van der Waals surface area contributed by atoms with Gasteiger partial charge in [-0.05, 0) is 36.8 Å². The molecule has 1 heterocycles. The second kappa shape index (κ2) is 6.37. The Kier molecular flexibility index (Phi) is 4.99. The molecule has 1 atom stereocenters. The molecule has 0 saturated heterocycles. The maximum Gasteiger partial charge on any atom is 0.243 e. The number of hydrogen-bond donors (Lipinski definition) is 1. The lowest BCUT2D eigenvalue weighted by atomic mass is 10.2. The van der Waals surface area contributed by atoms with E-state index in [1.54, 1.807) is 30.9 Å². The van der Waals surface area contributed by atoms with E-state index in [-0.39, 0.29) is 6.04 Å². The summed E-state index contributed by atoms with van der Waals surface area (Å²) >= 11 is 1.68. The second-order valence-electron chi connectivity index (χ2n) is 5.03. The van der Waals surface area contributed by atoms with E-state index in [0.717, 1.165) is 30.8 Å². The van der Waals surface area contributed by atoms with E-state index in [1.807, 2.05) is 19.2 Å². The Hall–Kier alpha value is -0.720. The standard InChI is InChI=1S/C14H22N2O2S2/c1-4-12(10-19-3)16(2)20(17,18)13-6-5-11-7-8-15-14(11)9-13/h5-6,9,12,15H,4,7-8,10H2,1-3H3. The van der Waals surface area contributed by atoms with Crippen LogP contribution in [0.1, 0.15) is 18.9 Å². The number of anilines is 1. The smallest absolute Gasteiger partial charge is 0.243 e. The van der Waals surface area contributed by atoms with Crippen LogP contribution in [-0.4, -0.2) is 44.4 Å². The number of fused-ring (bicyclic) bond motifs is 1. The van der Waals surface area contributed by atoms with Crippen molar-refractivity contribution in [3.63, 3.8) is 0 Å². The molecule has 0 radical (unpaired) electrons. The summed E-state index contributed by atoms with van der Waals surface area (Å²) in [6.07, 6.45) is 3.79. The van der Waals surface area contributed by atoms with Crippen LogP contribution in [0.3, 0.4) is 0 Å². The highest BCUT2D eigenvalue weighted by molar-refractivity contribution is 7.98. The maximum atomic E-state index is 12.7. The average Bonchev–Trinajstić information content (AvgIpc) is 2.91. The van der Waals surface area contributed by atoms with Crippen LogP contribution in [0, 0.1) is 0 Å². The van der Waals surface area contributed by atoms with Crippen LogP contribution in [0.25, 0.3) is 0 Å². The molecule has 4 nitrogen and oxygen atoms in total. The van der Waals surface area contributed by atoms with Gasteiger partial charge in [-0.1, -0.05) is 13.0 Å². The highest BCUT2D eigenvalue weighted by Gasteiger charge is 2.27. The van der Waals surface area contributed by atoms with Gasteiger partial charge < -0.3 is 5.32 Å². The molecule has 1 N–H and O–H groups in total. The molecule has 6 heteroatoms. The molecule has 0 aliphatic carbocycles. The second-order valence-corrected chi connectivity index (χ2v) is 7.94. The van der Waals surface area contributed by atoms with Gasteiger partial charge in [-0.2, -0.15) is 16.1 Å². The summed E-state index contributed by atoms with van der Waals surface area (Å²) in [5, 5.41) is 3.23. The van der Waals surface area contributed by atoms with Crippen molar-refractivity contribution in [1.29, 1.82) is 0 Å². The molecule has 112 valence electrons. The Morgan fingerprint density at radius 3 is 2.85 bits per heavy atom. The van der Waals surface area contributed by atoms with Crippen molar-refractivity contribution in [2.75, 3.05) is 30.9 Å². The van der Waals surface area contributed by atoms with Crippen molar-refractivity contribution in [2.24, 2.45) is 0 Å². The van der Waals surface area contributed by atoms with E-state index in [1.165, 1.54) is 9.87 Å². The zero-order valence-corrected chi connectivity index (χ0v) is 13.9. The van der Waals surface area contributed by atoms with Gasteiger partial charge >= 0.3 is 0 Å². The fourth-order valence-electron chi connectivity index (χ4n) is 2.47. The normalized spacial score (nSPS) is 16.0. The molecule has 0 aromatic heterocycles. The fraction of sp³-hybridized carbons (Fsp3) is 0.571. The lowest BCUT2D eigenvalue weighted by Gasteiger charge is -2.26. The third-order valence-electron chi connectivity index (χ3n) is 3.81. The van der Waals surface area contributed by atoms with Crippen molar-refractivity contribution in [3.05, 3.63) is 23.8 Å². The average molecular weight is 314 g/mol. The van der Waals surface area contributed by atoms with Crippen LogP contribution in [0.4, 0.5) is 5.69 Å². The van der Waals surface area contributed by atoms with Gasteiger partial charge in [0.15, 0.2) is 0 Å². The number of rotatable bonds is 6. The van der Waals surface area contributed by atoms with Crippen LogP contribution in [0.15, 0.2) is 23.1 Å². The SMILES string of the molecule is CCC(CSC)N(C)S(=O)(=O)c1ccc2c(c1)NCC2. The summed E-state index contributed by atoms with van der Waals surface area (Å²) in [5.41, 5.74) is 2.15. The predicted molar refractivity (Wildman–Crippen MR) is 86.0 cm³/mol. The summed E-state index contributed by atoms with van der Waals surface area (Å²) in [6.45, 7) is 2.91. The molecule has 0 amide bonds. The van der Waals surface area contributed by atoms with Crippen LogP contribution < -0.4 is 5.32 Å². The predicted octanol–water partition coefficient (Wildman–Crippen LogP) is 2.42.